The quantitative estimate of drug-likeness (QED) is 0.517. The van der Waals surface area contributed by atoms with Gasteiger partial charge in [-0.3, -0.25) is 0 Å². The Morgan fingerprint density at radius 2 is 1.93 bits per heavy atom. The summed E-state index contributed by atoms with van der Waals surface area (Å²) < 4.78 is 0. The van der Waals surface area contributed by atoms with Gasteiger partial charge in [-0.25, -0.2) is 0 Å². The van der Waals surface area contributed by atoms with Crippen LogP contribution in [0.5, 0.6) is 0 Å². The molecule has 0 radical (unpaired) electrons. The number of allylic oxidation sites excluding steroid dienone is 3. The molecule has 0 aromatic heterocycles. The van der Waals surface area contributed by atoms with Crippen molar-refractivity contribution in [2.75, 3.05) is 0 Å². The molecule has 3 saturated carbocycles. The van der Waals surface area contributed by atoms with Crippen molar-refractivity contribution in [3.63, 3.8) is 0 Å². The standard InChI is InChI=1S/C26H42O3/c1-18-20(16-22(27)17-24(18)28)11-10-19-8-7-15-26(4)21(12-13-23(19)26)9-5-6-14-25(2,3)29/h10-11,21-24,27-29H,1,5-9,12-17H2,2-4H3/b19-10+,20-11+. The normalized spacial score (nSPS) is 38.6. The first-order valence-electron chi connectivity index (χ1n) is 11.8. The zero-order chi connectivity index (χ0) is 21.2. The molecule has 3 rings (SSSR count). The van der Waals surface area contributed by atoms with Crippen LogP contribution in [-0.4, -0.2) is 33.1 Å². The molecule has 164 valence electrons. The van der Waals surface area contributed by atoms with Gasteiger partial charge in [-0.15, -0.1) is 0 Å². The lowest BCUT2D eigenvalue weighted by Crippen LogP contribution is -2.33. The summed E-state index contributed by atoms with van der Waals surface area (Å²) in [7, 11) is 0. The third-order valence-electron chi connectivity index (χ3n) is 8.02. The van der Waals surface area contributed by atoms with Crippen molar-refractivity contribution < 1.29 is 15.3 Å². The fraction of sp³-hybridized carbons (Fsp3) is 0.769. The lowest BCUT2D eigenvalue weighted by Gasteiger charge is -2.42. The van der Waals surface area contributed by atoms with Gasteiger partial charge < -0.3 is 15.3 Å². The van der Waals surface area contributed by atoms with Crippen molar-refractivity contribution in [1.82, 2.24) is 0 Å². The van der Waals surface area contributed by atoms with Crippen molar-refractivity contribution >= 4 is 0 Å². The lowest BCUT2D eigenvalue weighted by atomic mass is 9.62. The fourth-order valence-corrected chi connectivity index (χ4v) is 6.23. The van der Waals surface area contributed by atoms with E-state index in [-0.39, 0.29) is 0 Å². The molecular weight excluding hydrogens is 360 g/mol. The Morgan fingerprint density at radius 3 is 2.66 bits per heavy atom. The lowest BCUT2D eigenvalue weighted by molar-refractivity contribution is 0.0659. The van der Waals surface area contributed by atoms with E-state index in [4.69, 9.17) is 0 Å². The second-order valence-corrected chi connectivity index (χ2v) is 10.8. The van der Waals surface area contributed by atoms with Gasteiger partial charge in [-0.1, -0.05) is 44.1 Å². The molecule has 3 nitrogen and oxygen atoms in total. The predicted molar refractivity (Wildman–Crippen MR) is 119 cm³/mol. The molecule has 0 aromatic carbocycles. The monoisotopic (exact) mass is 402 g/mol. The number of hydrogen-bond donors (Lipinski definition) is 3. The Hall–Kier alpha value is -0.900. The van der Waals surface area contributed by atoms with E-state index in [2.05, 4.69) is 25.7 Å². The van der Waals surface area contributed by atoms with Gasteiger partial charge in [0.25, 0.3) is 0 Å². The highest BCUT2D eigenvalue weighted by molar-refractivity contribution is 5.38. The first kappa shape index (κ1) is 22.8. The second-order valence-electron chi connectivity index (χ2n) is 10.8. The number of aliphatic hydroxyl groups is 3. The molecule has 0 bridgehead atoms. The topological polar surface area (TPSA) is 60.7 Å². The maximum Gasteiger partial charge on any atom is 0.0811 e. The van der Waals surface area contributed by atoms with Crippen molar-refractivity contribution in [2.45, 2.75) is 109 Å². The van der Waals surface area contributed by atoms with E-state index in [1.54, 1.807) is 5.57 Å². The Balaban J connectivity index is 1.65. The van der Waals surface area contributed by atoms with E-state index in [0.29, 0.717) is 24.2 Å². The molecule has 5 unspecified atom stereocenters. The van der Waals surface area contributed by atoms with Gasteiger partial charge in [0.05, 0.1) is 17.8 Å². The van der Waals surface area contributed by atoms with E-state index in [0.717, 1.165) is 29.9 Å². The van der Waals surface area contributed by atoms with Gasteiger partial charge in [-0.05, 0) is 93.6 Å². The molecule has 3 heteroatoms. The van der Waals surface area contributed by atoms with Crippen molar-refractivity contribution in [3.8, 4) is 0 Å². The molecule has 0 aromatic rings. The van der Waals surface area contributed by atoms with E-state index < -0.39 is 17.8 Å². The van der Waals surface area contributed by atoms with Gasteiger partial charge >= 0.3 is 0 Å². The third kappa shape index (κ3) is 5.42. The SMILES string of the molecule is C=C1/C(=C/C=C2\CCCC3(C)C(CCCCC(C)(C)O)CCC23)CC(O)CC1O. The number of hydrogen-bond acceptors (Lipinski definition) is 3. The van der Waals surface area contributed by atoms with Gasteiger partial charge in [0.1, 0.15) is 0 Å². The first-order valence-corrected chi connectivity index (χ1v) is 11.8. The predicted octanol–water partition coefficient (Wildman–Crippen LogP) is 5.46. The second kappa shape index (κ2) is 9.08. The van der Waals surface area contributed by atoms with Crippen LogP contribution in [0.1, 0.15) is 91.4 Å². The van der Waals surface area contributed by atoms with E-state index in [1.807, 2.05) is 13.8 Å². The molecule has 0 heterocycles. The minimum Gasteiger partial charge on any atom is -0.393 e. The van der Waals surface area contributed by atoms with Crippen LogP contribution in [0.25, 0.3) is 0 Å². The van der Waals surface area contributed by atoms with Crippen LogP contribution in [0.3, 0.4) is 0 Å². The zero-order valence-corrected chi connectivity index (χ0v) is 18.8. The van der Waals surface area contributed by atoms with Crippen LogP contribution in [0.2, 0.25) is 0 Å². The first-order chi connectivity index (χ1) is 13.6. The van der Waals surface area contributed by atoms with Crippen LogP contribution in [0.4, 0.5) is 0 Å². The maximum atomic E-state index is 10.1. The molecule has 3 N–H and O–H groups in total. The van der Waals surface area contributed by atoms with Crippen molar-refractivity contribution in [2.24, 2.45) is 17.3 Å². The Bertz CT molecular complexity index is 653. The summed E-state index contributed by atoms with van der Waals surface area (Å²) in [5.41, 5.74) is 3.22. The van der Waals surface area contributed by atoms with Crippen LogP contribution in [0, 0.1) is 17.3 Å². The summed E-state index contributed by atoms with van der Waals surface area (Å²) in [4.78, 5) is 0. The highest BCUT2D eigenvalue weighted by Gasteiger charge is 2.48. The molecular formula is C26H42O3. The van der Waals surface area contributed by atoms with Crippen LogP contribution >= 0.6 is 0 Å². The van der Waals surface area contributed by atoms with Crippen molar-refractivity contribution in [1.29, 1.82) is 0 Å². The fourth-order valence-electron chi connectivity index (χ4n) is 6.23. The number of unbranched alkanes of at least 4 members (excludes halogenated alkanes) is 1. The average molecular weight is 403 g/mol. The smallest absolute Gasteiger partial charge is 0.0811 e. The minimum atomic E-state index is -0.611. The molecule has 3 fully saturated rings. The van der Waals surface area contributed by atoms with Gasteiger partial charge in [0, 0.05) is 6.42 Å². The maximum absolute atomic E-state index is 10.1. The molecule has 0 spiro atoms. The Labute approximate surface area is 177 Å². The summed E-state index contributed by atoms with van der Waals surface area (Å²) in [5.74, 6) is 1.46. The average Bonchev–Trinajstić information content (AvgIpc) is 2.96. The van der Waals surface area contributed by atoms with E-state index in [9.17, 15) is 15.3 Å². The Kier molecular flexibility index (Phi) is 7.13. The van der Waals surface area contributed by atoms with Gasteiger partial charge in [-0.2, -0.15) is 0 Å². The summed E-state index contributed by atoms with van der Waals surface area (Å²) in [5, 5.41) is 30.1. The largest absolute Gasteiger partial charge is 0.393 e. The molecule has 5 atom stereocenters. The zero-order valence-electron chi connectivity index (χ0n) is 18.8. The summed E-state index contributed by atoms with van der Waals surface area (Å²) in [6.45, 7) is 10.4. The molecule has 3 aliphatic rings. The molecule has 0 saturated heterocycles. The summed E-state index contributed by atoms with van der Waals surface area (Å²) in [6.07, 6.45) is 15.2. The van der Waals surface area contributed by atoms with Gasteiger partial charge in [0.15, 0.2) is 0 Å². The highest BCUT2D eigenvalue weighted by Crippen LogP contribution is 2.58. The number of fused-ring (bicyclic) bond motifs is 1. The van der Waals surface area contributed by atoms with E-state index in [1.165, 1.54) is 44.9 Å². The number of rotatable bonds is 6. The summed E-state index contributed by atoms with van der Waals surface area (Å²) >= 11 is 0. The molecule has 3 aliphatic carbocycles. The van der Waals surface area contributed by atoms with Gasteiger partial charge in [0.2, 0.25) is 0 Å². The van der Waals surface area contributed by atoms with Crippen LogP contribution < -0.4 is 0 Å². The van der Waals surface area contributed by atoms with E-state index >= 15 is 0 Å². The number of aliphatic hydroxyl groups excluding tert-OH is 2. The van der Waals surface area contributed by atoms with Crippen LogP contribution in [-0.2, 0) is 0 Å². The molecule has 29 heavy (non-hydrogen) atoms. The molecule has 0 aliphatic heterocycles. The van der Waals surface area contributed by atoms with Crippen LogP contribution in [0.15, 0.2) is 35.5 Å². The Morgan fingerprint density at radius 1 is 1.17 bits per heavy atom. The third-order valence-corrected chi connectivity index (χ3v) is 8.02. The van der Waals surface area contributed by atoms with Crippen molar-refractivity contribution in [3.05, 3.63) is 35.5 Å². The highest BCUT2D eigenvalue weighted by atomic mass is 16.3. The summed E-state index contributed by atoms with van der Waals surface area (Å²) in [6, 6.07) is 0. The molecule has 0 amide bonds. The minimum absolute atomic E-state index is 0.403.